The van der Waals surface area contributed by atoms with Crippen molar-refractivity contribution in [2.75, 3.05) is 6.26 Å². The number of nitro groups is 1. The molecule has 6 nitrogen and oxygen atoms in total. The van der Waals surface area contributed by atoms with Gasteiger partial charge in [-0.1, -0.05) is 6.07 Å². The number of hydrogen-bond acceptors (Lipinski definition) is 4. The molecular weight excluding hydrogens is 256 g/mol. The highest BCUT2D eigenvalue weighted by Crippen LogP contribution is 2.32. The Hall–Kier alpha value is -1.47. The van der Waals surface area contributed by atoms with Gasteiger partial charge in [-0.3, -0.25) is 10.1 Å². The van der Waals surface area contributed by atoms with Crippen LogP contribution in [0.4, 0.5) is 5.69 Å². The Bertz CT molecular complexity index is 583. The molecule has 0 aliphatic heterocycles. The number of sulfonamides is 1. The molecule has 0 spiro atoms. The van der Waals surface area contributed by atoms with Crippen molar-refractivity contribution in [3.63, 3.8) is 0 Å². The van der Waals surface area contributed by atoms with Gasteiger partial charge in [0.25, 0.3) is 5.69 Å². The van der Waals surface area contributed by atoms with Crippen molar-refractivity contribution < 1.29 is 13.3 Å². The van der Waals surface area contributed by atoms with Crippen LogP contribution >= 0.6 is 0 Å². The average molecular weight is 270 g/mol. The van der Waals surface area contributed by atoms with Gasteiger partial charge in [0.2, 0.25) is 10.0 Å². The summed E-state index contributed by atoms with van der Waals surface area (Å²) in [6.45, 7) is 0. The predicted octanol–water partition coefficient (Wildman–Crippen LogP) is 1.52. The van der Waals surface area contributed by atoms with Crippen LogP contribution in [0.25, 0.3) is 0 Å². The molecule has 0 saturated carbocycles. The fourth-order valence-electron chi connectivity index (χ4n) is 2.28. The normalized spacial score (nSPS) is 19.3. The highest BCUT2D eigenvalue weighted by molar-refractivity contribution is 7.88. The minimum atomic E-state index is -3.32. The van der Waals surface area contributed by atoms with E-state index in [1.165, 1.54) is 12.1 Å². The maximum atomic E-state index is 11.3. The highest BCUT2D eigenvalue weighted by atomic mass is 32.2. The number of nitrogens with zero attached hydrogens (tertiary/aromatic N) is 1. The molecule has 0 amide bonds. The molecule has 98 valence electrons. The van der Waals surface area contributed by atoms with E-state index >= 15 is 0 Å². The molecule has 1 atom stereocenters. The van der Waals surface area contributed by atoms with Crippen molar-refractivity contribution in [3.8, 4) is 0 Å². The summed E-state index contributed by atoms with van der Waals surface area (Å²) < 4.78 is 25.1. The van der Waals surface area contributed by atoms with Gasteiger partial charge in [0.05, 0.1) is 11.2 Å². The molecule has 2 rings (SSSR count). The SMILES string of the molecule is CS(=O)(=O)NC1CCCc2ccc([N+](=O)[O-])cc21. The van der Waals surface area contributed by atoms with Crippen LogP contribution in [-0.2, 0) is 16.4 Å². The predicted molar refractivity (Wildman–Crippen MR) is 66.8 cm³/mol. The molecule has 1 unspecified atom stereocenters. The third kappa shape index (κ3) is 2.85. The first-order chi connectivity index (χ1) is 8.37. The second-order valence-electron chi connectivity index (χ2n) is 4.48. The van der Waals surface area contributed by atoms with Crippen LogP contribution in [0.5, 0.6) is 0 Å². The van der Waals surface area contributed by atoms with E-state index in [1.807, 2.05) is 0 Å². The monoisotopic (exact) mass is 270 g/mol. The molecule has 0 heterocycles. The Balaban J connectivity index is 2.40. The number of benzene rings is 1. The number of non-ortho nitro benzene ring substituents is 1. The largest absolute Gasteiger partial charge is 0.269 e. The van der Waals surface area contributed by atoms with Gasteiger partial charge in [-0.25, -0.2) is 13.1 Å². The molecule has 0 bridgehead atoms. The van der Waals surface area contributed by atoms with Gasteiger partial charge in [0.1, 0.15) is 0 Å². The fraction of sp³-hybridized carbons (Fsp3) is 0.455. The summed E-state index contributed by atoms with van der Waals surface area (Å²) in [5.74, 6) is 0. The molecule has 7 heteroatoms. The summed E-state index contributed by atoms with van der Waals surface area (Å²) in [6.07, 6.45) is 3.47. The molecule has 1 N–H and O–H groups in total. The van der Waals surface area contributed by atoms with Gasteiger partial charge in [-0.15, -0.1) is 0 Å². The first-order valence-corrected chi connectivity index (χ1v) is 7.50. The Labute approximate surface area is 105 Å². The summed E-state index contributed by atoms with van der Waals surface area (Å²) in [5.41, 5.74) is 1.70. The fourth-order valence-corrected chi connectivity index (χ4v) is 3.04. The number of nitro benzene ring substituents is 1. The van der Waals surface area contributed by atoms with E-state index in [-0.39, 0.29) is 11.7 Å². The van der Waals surface area contributed by atoms with E-state index in [4.69, 9.17) is 0 Å². The zero-order valence-electron chi connectivity index (χ0n) is 9.92. The molecule has 0 radical (unpaired) electrons. The lowest BCUT2D eigenvalue weighted by atomic mass is 9.88. The lowest BCUT2D eigenvalue weighted by Gasteiger charge is -2.25. The summed E-state index contributed by atoms with van der Waals surface area (Å²) in [6, 6.07) is 4.28. The molecule has 1 aromatic carbocycles. The molecule has 1 aliphatic carbocycles. The van der Waals surface area contributed by atoms with Crippen LogP contribution in [0.3, 0.4) is 0 Å². The summed E-state index contributed by atoms with van der Waals surface area (Å²) in [7, 11) is -3.32. The first kappa shape index (κ1) is 13.0. The van der Waals surface area contributed by atoms with Gasteiger partial charge in [-0.2, -0.15) is 0 Å². The van der Waals surface area contributed by atoms with Crippen LogP contribution in [0.1, 0.15) is 30.0 Å². The van der Waals surface area contributed by atoms with E-state index in [9.17, 15) is 18.5 Å². The third-order valence-corrected chi connectivity index (χ3v) is 3.72. The van der Waals surface area contributed by atoms with Crippen LogP contribution < -0.4 is 4.72 Å². The van der Waals surface area contributed by atoms with Crippen molar-refractivity contribution in [2.45, 2.75) is 25.3 Å². The van der Waals surface area contributed by atoms with E-state index in [0.717, 1.165) is 30.2 Å². The van der Waals surface area contributed by atoms with Gasteiger partial charge in [-0.05, 0) is 30.4 Å². The van der Waals surface area contributed by atoms with E-state index in [0.29, 0.717) is 6.42 Å². The number of aryl methyl sites for hydroxylation is 1. The zero-order chi connectivity index (χ0) is 13.3. The average Bonchev–Trinajstić information content (AvgIpc) is 2.26. The Morgan fingerprint density at radius 3 is 2.78 bits per heavy atom. The van der Waals surface area contributed by atoms with E-state index in [1.54, 1.807) is 6.07 Å². The van der Waals surface area contributed by atoms with Gasteiger partial charge >= 0.3 is 0 Å². The lowest BCUT2D eigenvalue weighted by Crippen LogP contribution is -2.30. The second-order valence-corrected chi connectivity index (χ2v) is 6.26. The molecule has 0 fully saturated rings. The zero-order valence-corrected chi connectivity index (χ0v) is 10.7. The summed E-state index contributed by atoms with van der Waals surface area (Å²) >= 11 is 0. The first-order valence-electron chi connectivity index (χ1n) is 5.61. The molecular formula is C11H14N2O4S. The summed E-state index contributed by atoms with van der Waals surface area (Å²) in [5, 5.41) is 10.7. The van der Waals surface area contributed by atoms with Crippen LogP contribution in [-0.4, -0.2) is 19.6 Å². The number of nitrogens with one attached hydrogen (secondary N) is 1. The van der Waals surface area contributed by atoms with Crippen molar-refractivity contribution in [2.24, 2.45) is 0 Å². The Morgan fingerprint density at radius 2 is 2.17 bits per heavy atom. The van der Waals surface area contributed by atoms with Gasteiger partial charge < -0.3 is 0 Å². The minimum absolute atomic E-state index is 0.00375. The molecule has 18 heavy (non-hydrogen) atoms. The van der Waals surface area contributed by atoms with Crippen molar-refractivity contribution >= 4 is 15.7 Å². The Kier molecular flexibility index (Phi) is 3.36. The molecule has 0 aromatic heterocycles. The molecule has 1 aliphatic rings. The third-order valence-electron chi connectivity index (χ3n) is 3.01. The second kappa shape index (κ2) is 4.66. The van der Waals surface area contributed by atoms with Crippen LogP contribution in [0.15, 0.2) is 18.2 Å². The van der Waals surface area contributed by atoms with Gasteiger partial charge in [0, 0.05) is 18.2 Å². The lowest BCUT2D eigenvalue weighted by molar-refractivity contribution is -0.385. The summed E-state index contributed by atoms with van der Waals surface area (Å²) in [4.78, 5) is 10.3. The smallest absolute Gasteiger partial charge is 0.258 e. The maximum Gasteiger partial charge on any atom is 0.269 e. The van der Waals surface area contributed by atoms with Gasteiger partial charge in [0.15, 0.2) is 0 Å². The van der Waals surface area contributed by atoms with Crippen molar-refractivity contribution in [1.82, 2.24) is 4.72 Å². The molecule has 1 aromatic rings. The molecule has 0 saturated heterocycles. The standard InChI is InChI=1S/C11H14N2O4S/c1-18(16,17)12-11-4-2-3-8-5-6-9(13(14)15)7-10(8)11/h5-7,11-12H,2-4H2,1H3. The number of hydrogen-bond donors (Lipinski definition) is 1. The number of fused-ring (bicyclic) bond motifs is 1. The van der Waals surface area contributed by atoms with Crippen molar-refractivity contribution in [3.05, 3.63) is 39.4 Å². The van der Waals surface area contributed by atoms with E-state index in [2.05, 4.69) is 4.72 Å². The van der Waals surface area contributed by atoms with Crippen LogP contribution in [0.2, 0.25) is 0 Å². The van der Waals surface area contributed by atoms with Crippen molar-refractivity contribution in [1.29, 1.82) is 0 Å². The van der Waals surface area contributed by atoms with Crippen LogP contribution in [0, 0.1) is 10.1 Å². The highest BCUT2D eigenvalue weighted by Gasteiger charge is 2.24. The Morgan fingerprint density at radius 1 is 1.44 bits per heavy atom. The maximum absolute atomic E-state index is 11.3. The van der Waals surface area contributed by atoms with E-state index < -0.39 is 14.9 Å². The minimum Gasteiger partial charge on any atom is -0.258 e. The quantitative estimate of drug-likeness (QED) is 0.666. The topological polar surface area (TPSA) is 89.3 Å². The number of rotatable bonds is 3.